The summed E-state index contributed by atoms with van der Waals surface area (Å²) in [4.78, 5) is 25.5. The maximum atomic E-state index is 12.7. The Morgan fingerprint density at radius 1 is 1.43 bits per heavy atom. The van der Waals surface area contributed by atoms with Crippen LogP contribution in [0.15, 0.2) is 18.2 Å². The van der Waals surface area contributed by atoms with Gasteiger partial charge < -0.3 is 10.0 Å². The standard InChI is InChI=1S/C14H15Cl2NO3S/c1-2-4-11-17(10(7-21-11)14(19)20)13(18)8-5-3-6-9(15)12(8)16/h3,5-6,10-11H,2,4,7H2,1H3,(H,19,20). The number of aliphatic carboxylic acids is 1. The fraction of sp³-hybridized carbons (Fsp3) is 0.429. The number of carboxylic acids is 1. The van der Waals surface area contributed by atoms with Gasteiger partial charge in [-0.1, -0.05) is 42.6 Å². The van der Waals surface area contributed by atoms with Gasteiger partial charge >= 0.3 is 5.97 Å². The van der Waals surface area contributed by atoms with E-state index in [4.69, 9.17) is 23.2 Å². The van der Waals surface area contributed by atoms with Gasteiger partial charge in [0.05, 0.1) is 21.0 Å². The van der Waals surface area contributed by atoms with E-state index in [0.29, 0.717) is 5.75 Å². The first-order chi connectivity index (χ1) is 9.97. The number of carboxylic acid groups (broad SMARTS) is 1. The van der Waals surface area contributed by atoms with Crippen LogP contribution in [-0.2, 0) is 4.79 Å². The van der Waals surface area contributed by atoms with Crippen molar-refractivity contribution in [1.29, 1.82) is 0 Å². The number of rotatable bonds is 4. The van der Waals surface area contributed by atoms with Crippen LogP contribution in [0.2, 0.25) is 10.0 Å². The highest BCUT2D eigenvalue weighted by molar-refractivity contribution is 8.00. The fourth-order valence-electron chi connectivity index (χ4n) is 2.30. The molecule has 1 aliphatic rings. The molecule has 0 spiro atoms. The fourth-order valence-corrected chi connectivity index (χ4v) is 4.20. The molecule has 0 aromatic heterocycles. The van der Waals surface area contributed by atoms with E-state index in [1.807, 2.05) is 6.92 Å². The van der Waals surface area contributed by atoms with Gasteiger partial charge in [0.2, 0.25) is 0 Å². The molecular formula is C14H15Cl2NO3S. The Bertz CT molecular complexity index is 567. The molecule has 2 rings (SSSR count). The summed E-state index contributed by atoms with van der Waals surface area (Å²) in [5.74, 6) is -0.977. The van der Waals surface area contributed by atoms with Gasteiger partial charge in [0.15, 0.2) is 0 Å². The first-order valence-corrected chi connectivity index (χ1v) is 8.39. The van der Waals surface area contributed by atoms with Crippen molar-refractivity contribution in [3.05, 3.63) is 33.8 Å². The van der Waals surface area contributed by atoms with Crippen molar-refractivity contribution < 1.29 is 14.7 Å². The molecule has 1 N–H and O–H groups in total. The second-order valence-corrected chi connectivity index (χ2v) is 6.74. The molecule has 0 aliphatic carbocycles. The largest absolute Gasteiger partial charge is 0.480 e. The van der Waals surface area contributed by atoms with Crippen LogP contribution in [0.25, 0.3) is 0 Å². The third-order valence-corrected chi connectivity index (χ3v) is 5.50. The van der Waals surface area contributed by atoms with Gasteiger partial charge in [-0.25, -0.2) is 4.79 Å². The second kappa shape index (κ2) is 6.90. The Balaban J connectivity index is 2.37. The molecule has 1 saturated heterocycles. The minimum Gasteiger partial charge on any atom is -0.480 e. The van der Waals surface area contributed by atoms with Gasteiger partial charge in [-0.05, 0) is 18.6 Å². The van der Waals surface area contributed by atoms with Crippen LogP contribution in [0.5, 0.6) is 0 Å². The zero-order chi connectivity index (χ0) is 15.6. The zero-order valence-corrected chi connectivity index (χ0v) is 13.7. The van der Waals surface area contributed by atoms with Crippen LogP contribution in [0, 0.1) is 0 Å². The number of hydrogen-bond donors (Lipinski definition) is 1. The Morgan fingerprint density at radius 3 is 2.76 bits per heavy atom. The normalized spacial score (nSPS) is 21.6. The first kappa shape index (κ1) is 16.5. The Morgan fingerprint density at radius 2 is 2.14 bits per heavy atom. The molecule has 21 heavy (non-hydrogen) atoms. The Kier molecular flexibility index (Phi) is 5.41. The van der Waals surface area contributed by atoms with E-state index in [1.165, 1.54) is 16.7 Å². The highest BCUT2D eigenvalue weighted by Crippen LogP contribution is 2.35. The maximum absolute atomic E-state index is 12.7. The third-order valence-electron chi connectivity index (χ3n) is 3.33. The zero-order valence-electron chi connectivity index (χ0n) is 11.4. The van der Waals surface area contributed by atoms with Crippen molar-refractivity contribution in [3.63, 3.8) is 0 Å². The van der Waals surface area contributed by atoms with Crippen molar-refractivity contribution in [2.24, 2.45) is 0 Å². The molecule has 0 saturated carbocycles. The van der Waals surface area contributed by atoms with Gasteiger partial charge in [-0.2, -0.15) is 0 Å². The lowest BCUT2D eigenvalue weighted by molar-refractivity contribution is -0.141. The molecule has 7 heteroatoms. The van der Waals surface area contributed by atoms with Gasteiger partial charge in [-0.3, -0.25) is 4.79 Å². The van der Waals surface area contributed by atoms with E-state index in [1.54, 1.807) is 18.2 Å². The summed E-state index contributed by atoms with van der Waals surface area (Å²) in [6.45, 7) is 2.00. The number of amides is 1. The van der Waals surface area contributed by atoms with Gasteiger partial charge in [0.25, 0.3) is 5.91 Å². The van der Waals surface area contributed by atoms with E-state index < -0.39 is 12.0 Å². The minimum atomic E-state index is -0.993. The number of hydrogen-bond acceptors (Lipinski definition) is 3. The Labute approximate surface area is 137 Å². The predicted octanol–water partition coefficient (Wildman–Crippen LogP) is 3.76. The number of benzene rings is 1. The number of nitrogens with zero attached hydrogens (tertiary/aromatic N) is 1. The number of carbonyl (C=O) groups is 2. The van der Waals surface area contributed by atoms with Gasteiger partial charge in [-0.15, -0.1) is 11.8 Å². The molecule has 1 heterocycles. The van der Waals surface area contributed by atoms with Crippen molar-refractivity contribution in [3.8, 4) is 0 Å². The lowest BCUT2D eigenvalue weighted by atomic mass is 10.1. The van der Waals surface area contributed by atoms with Crippen LogP contribution >= 0.6 is 35.0 Å². The van der Waals surface area contributed by atoms with E-state index in [9.17, 15) is 14.7 Å². The summed E-state index contributed by atoms with van der Waals surface area (Å²) >= 11 is 13.5. The average Bonchev–Trinajstić information content (AvgIpc) is 2.85. The predicted molar refractivity (Wildman–Crippen MR) is 85.2 cm³/mol. The van der Waals surface area contributed by atoms with Crippen molar-refractivity contribution in [2.45, 2.75) is 31.2 Å². The summed E-state index contributed by atoms with van der Waals surface area (Å²) in [6.07, 6.45) is 1.62. The van der Waals surface area contributed by atoms with Crippen molar-refractivity contribution in [1.82, 2.24) is 4.90 Å². The SMILES string of the molecule is CCCC1SCC(C(=O)O)N1C(=O)c1cccc(Cl)c1Cl. The molecular weight excluding hydrogens is 333 g/mol. The lowest BCUT2D eigenvalue weighted by Gasteiger charge is -2.27. The second-order valence-electron chi connectivity index (χ2n) is 4.74. The number of halogens is 2. The van der Waals surface area contributed by atoms with Crippen LogP contribution < -0.4 is 0 Å². The summed E-state index contributed by atoms with van der Waals surface area (Å²) in [6, 6.07) is 3.98. The highest BCUT2D eigenvalue weighted by atomic mass is 35.5. The molecule has 2 atom stereocenters. The first-order valence-electron chi connectivity index (χ1n) is 6.58. The molecule has 1 aromatic rings. The molecule has 0 radical (unpaired) electrons. The molecule has 1 aliphatic heterocycles. The van der Waals surface area contributed by atoms with Gasteiger partial charge in [0, 0.05) is 5.75 Å². The molecule has 1 fully saturated rings. The topological polar surface area (TPSA) is 57.6 Å². The van der Waals surface area contributed by atoms with E-state index >= 15 is 0 Å². The summed E-state index contributed by atoms with van der Waals surface area (Å²) < 4.78 is 0. The smallest absolute Gasteiger partial charge is 0.327 e. The van der Waals surface area contributed by atoms with Gasteiger partial charge in [0.1, 0.15) is 6.04 Å². The average molecular weight is 348 g/mol. The van der Waals surface area contributed by atoms with Crippen LogP contribution in [-0.4, -0.2) is 39.1 Å². The third kappa shape index (κ3) is 3.30. The quantitative estimate of drug-likeness (QED) is 0.900. The summed E-state index contributed by atoms with van der Waals surface area (Å²) in [5, 5.41) is 9.64. The van der Waals surface area contributed by atoms with Crippen molar-refractivity contribution >= 4 is 46.8 Å². The minimum absolute atomic E-state index is 0.140. The molecule has 2 unspecified atom stereocenters. The van der Waals surface area contributed by atoms with E-state index in [2.05, 4.69) is 0 Å². The summed E-state index contributed by atoms with van der Waals surface area (Å²) in [5.41, 5.74) is 0.249. The molecule has 4 nitrogen and oxygen atoms in total. The summed E-state index contributed by atoms with van der Waals surface area (Å²) in [7, 11) is 0. The van der Waals surface area contributed by atoms with Crippen LogP contribution in [0.4, 0.5) is 0 Å². The van der Waals surface area contributed by atoms with Crippen LogP contribution in [0.3, 0.4) is 0 Å². The Hall–Kier alpha value is -0.910. The molecule has 1 aromatic carbocycles. The lowest BCUT2D eigenvalue weighted by Crippen LogP contribution is -2.45. The van der Waals surface area contributed by atoms with Crippen molar-refractivity contribution in [2.75, 3.05) is 5.75 Å². The van der Waals surface area contributed by atoms with E-state index in [-0.39, 0.29) is 26.9 Å². The molecule has 1 amide bonds. The number of thioether (sulfide) groups is 1. The van der Waals surface area contributed by atoms with E-state index in [0.717, 1.165) is 12.8 Å². The van der Waals surface area contributed by atoms with Crippen LogP contribution in [0.1, 0.15) is 30.1 Å². The maximum Gasteiger partial charge on any atom is 0.327 e. The molecule has 0 bridgehead atoms. The molecule has 114 valence electrons. The number of carbonyl (C=O) groups excluding carboxylic acids is 1. The highest BCUT2D eigenvalue weighted by Gasteiger charge is 2.41. The monoisotopic (exact) mass is 347 g/mol.